The quantitative estimate of drug-likeness (QED) is 0.893. The number of primary amides is 1. The van der Waals surface area contributed by atoms with Crippen molar-refractivity contribution in [3.05, 3.63) is 65.2 Å². The Morgan fingerprint density at radius 3 is 2.19 bits per heavy atom. The Hall–Kier alpha value is -3.13. The summed E-state index contributed by atoms with van der Waals surface area (Å²) < 4.78 is 0. The van der Waals surface area contributed by atoms with E-state index in [2.05, 4.69) is 5.32 Å². The van der Waals surface area contributed by atoms with E-state index >= 15 is 0 Å². The number of nitrogens with two attached hydrogens (primary N) is 1. The minimum atomic E-state index is -0.399. The predicted octanol–water partition coefficient (Wildman–Crippen LogP) is 1.84. The zero-order chi connectivity index (χ0) is 15.2. The van der Waals surface area contributed by atoms with Crippen molar-refractivity contribution < 1.29 is 9.59 Å². The normalized spacial score (nSPS) is 9.67. The summed E-state index contributed by atoms with van der Waals surface area (Å²) in [5, 5.41) is 11.4. The molecule has 2 aromatic rings. The summed E-state index contributed by atoms with van der Waals surface area (Å²) in [4.78, 5) is 22.8. The van der Waals surface area contributed by atoms with Crippen LogP contribution in [0.2, 0.25) is 0 Å². The zero-order valence-corrected chi connectivity index (χ0v) is 11.2. The van der Waals surface area contributed by atoms with Gasteiger partial charge < -0.3 is 11.1 Å². The van der Waals surface area contributed by atoms with Crippen LogP contribution >= 0.6 is 0 Å². The molecule has 2 amide bonds. The molecule has 0 aliphatic rings. The number of hydrogen-bond acceptors (Lipinski definition) is 3. The van der Waals surface area contributed by atoms with Gasteiger partial charge in [0.15, 0.2) is 0 Å². The molecule has 21 heavy (non-hydrogen) atoms. The first-order valence-electron chi connectivity index (χ1n) is 6.27. The van der Waals surface area contributed by atoms with Crippen LogP contribution < -0.4 is 11.1 Å². The number of carbonyl (C=O) groups is 2. The smallest absolute Gasteiger partial charge is 0.255 e. The predicted molar refractivity (Wildman–Crippen MR) is 78.5 cm³/mol. The minimum Gasteiger partial charge on any atom is -0.369 e. The van der Waals surface area contributed by atoms with E-state index in [0.717, 1.165) is 5.56 Å². The van der Waals surface area contributed by atoms with Crippen LogP contribution in [0.1, 0.15) is 21.5 Å². The zero-order valence-electron chi connectivity index (χ0n) is 11.2. The molecule has 5 heteroatoms. The van der Waals surface area contributed by atoms with Crippen molar-refractivity contribution in [1.29, 1.82) is 5.26 Å². The topological polar surface area (TPSA) is 96.0 Å². The van der Waals surface area contributed by atoms with Crippen molar-refractivity contribution in [3.63, 3.8) is 0 Å². The molecule has 0 spiro atoms. The molecule has 0 atom stereocenters. The maximum atomic E-state index is 12.0. The van der Waals surface area contributed by atoms with Crippen LogP contribution in [-0.2, 0) is 11.2 Å². The summed E-state index contributed by atoms with van der Waals surface area (Å²) in [6.07, 6.45) is 0.170. The number of anilines is 1. The highest BCUT2D eigenvalue weighted by molar-refractivity contribution is 6.04. The number of carbonyl (C=O) groups excluding carboxylic acids is 2. The van der Waals surface area contributed by atoms with E-state index in [1.54, 1.807) is 48.5 Å². The second-order valence-corrected chi connectivity index (χ2v) is 4.48. The second kappa shape index (κ2) is 6.35. The lowest BCUT2D eigenvalue weighted by Crippen LogP contribution is -2.14. The summed E-state index contributed by atoms with van der Waals surface area (Å²) in [6.45, 7) is 0. The summed E-state index contributed by atoms with van der Waals surface area (Å²) >= 11 is 0. The molecule has 0 bridgehead atoms. The molecule has 0 aliphatic carbocycles. The molecule has 0 fully saturated rings. The number of amides is 2. The molecule has 0 radical (unpaired) electrons. The van der Waals surface area contributed by atoms with Gasteiger partial charge in [-0.3, -0.25) is 9.59 Å². The SMILES string of the molecule is N#Cc1ccc(C(=O)Nc2ccc(CC(N)=O)cc2)cc1. The molecule has 2 aromatic carbocycles. The molecule has 5 nitrogen and oxygen atoms in total. The van der Waals surface area contributed by atoms with Gasteiger partial charge >= 0.3 is 0 Å². The molecule has 3 N–H and O–H groups in total. The number of rotatable bonds is 4. The van der Waals surface area contributed by atoms with Gasteiger partial charge in [-0.15, -0.1) is 0 Å². The first kappa shape index (κ1) is 14.3. The average molecular weight is 279 g/mol. The first-order chi connectivity index (χ1) is 10.1. The Morgan fingerprint density at radius 2 is 1.67 bits per heavy atom. The molecule has 104 valence electrons. The van der Waals surface area contributed by atoms with Crippen LogP contribution in [0.5, 0.6) is 0 Å². The van der Waals surface area contributed by atoms with Crippen LogP contribution in [0.15, 0.2) is 48.5 Å². The van der Waals surface area contributed by atoms with E-state index < -0.39 is 5.91 Å². The van der Waals surface area contributed by atoms with Gasteiger partial charge in [0.25, 0.3) is 5.91 Å². The fourth-order valence-electron chi connectivity index (χ4n) is 1.81. The maximum absolute atomic E-state index is 12.0. The van der Waals surface area contributed by atoms with Crippen molar-refractivity contribution in [2.75, 3.05) is 5.32 Å². The van der Waals surface area contributed by atoms with Gasteiger partial charge in [-0.05, 0) is 42.0 Å². The van der Waals surface area contributed by atoms with Crippen molar-refractivity contribution in [2.45, 2.75) is 6.42 Å². The van der Waals surface area contributed by atoms with Gasteiger partial charge in [0.05, 0.1) is 18.1 Å². The third kappa shape index (κ3) is 3.91. The highest BCUT2D eigenvalue weighted by Gasteiger charge is 2.06. The van der Waals surface area contributed by atoms with Crippen molar-refractivity contribution in [1.82, 2.24) is 0 Å². The monoisotopic (exact) mass is 279 g/mol. The molecule has 2 rings (SSSR count). The molecule has 0 aliphatic heterocycles. The maximum Gasteiger partial charge on any atom is 0.255 e. The second-order valence-electron chi connectivity index (χ2n) is 4.48. The molecule has 0 aromatic heterocycles. The van der Waals surface area contributed by atoms with Crippen molar-refractivity contribution >= 4 is 17.5 Å². The standard InChI is InChI=1S/C16H13N3O2/c17-10-12-1-5-13(6-2-12)16(21)19-14-7-3-11(4-8-14)9-15(18)20/h1-8H,9H2,(H2,18,20)(H,19,21). The van der Waals surface area contributed by atoms with Crippen molar-refractivity contribution in [3.8, 4) is 6.07 Å². The van der Waals surface area contributed by atoms with Crippen LogP contribution in [-0.4, -0.2) is 11.8 Å². The van der Waals surface area contributed by atoms with Gasteiger partial charge in [0.2, 0.25) is 5.91 Å². The van der Waals surface area contributed by atoms with E-state index in [-0.39, 0.29) is 12.3 Å². The Labute approximate surface area is 122 Å². The van der Waals surface area contributed by atoms with E-state index in [1.807, 2.05) is 6.07 Å². The summed E-state index contributed by atoms with van der Waals surface area (Å²) in [5.74, 6) is -0.661. The summed E-state index contributed by atoms with van der Waals surface area (Å²) in [7, 11) is 0. The third-order valence-electron chi connectivity index (χ3n) is 2.87. The fourth-order valence-corrected chi connectivity index (χ4v) is 1.81. The lowest BCUT2D eigenvalue weighted by molar-refractivity contribution is -0.117. The Morgan fingerprint density at radius 1 is 1.05 bits per heavy atom. The van der Waals surface area contributed by atoms with Gasteiger partial charge in [-0.1, -0.05) is 12.1 Å². The third-order valence-corrected chi connectivity index (χ3v) is 2.87. The van der Waals surface area contributed by atoms with Gasteiger partial charge in [-0.2, -0.15) is 5.26 Å². The van der Waals surface area contributed by atoms with Crippen molar-refractivity contribution in [2.24, 2.45) is 5.73 Å². The number of nitrogens with zero attached hydrogens (tertiary/aromatic N) is 1. The van der Waals surface area contributed by atoms with E-state index in [4.69, 9.17) is 11.0 Å². The first-order valence-corrected chi connectivity index (χ1v) is 6.27. The van der Waals surface area contributed by atoms with Gasteiger partial charge in [0.1, 0.15) is 0 Å². The fraction of sp³-hybridized carbons (Fsp3) is 0.0625. The Bertz CT molecular complexity index is 698. The highest BCUT2D eigenvalue weighted by atomic mass is 16.2. The number of nitrogens with one attached hydrogen (secondary N) is 1. The summed E-state index contributed by atoms with van der Waals surface area (Å²) in [5.41, 5.74) is 7.49. The van der Waals surface area contributed by atoms with Crippen LogP contribution in [0.4, 0.5) is 5.69 Å². The molecule has 0 heterocycles. The van der Waals surface area contributed by atoms with Crippen LogP contribution in [0, 0.1) is 11.3 Å². The van der Waals surface area contributed by atoms with Gasteiger partial charge in [0, 0.05) is 11.3 Å². The number of nitriles is 1. The number of benzene rings is 2. The number of hydrogen-bond donors (Lipinski definition) is 2. The summed E-state index contributed by atoms with van der Waals surface area (Å²) in [6, 6.07) is 15.2. The molecule has 0 saturated carbocycles. The van der Waals surface area contributed by atoms with E-state index in [9.17, 15) is 9.59 Å². The Balaban J connectivity index is 2.05. The molecular weight excluding hydrogens is 266 g/mol. The highest BCUT2D eigenvalue weighted by Crippen LogP contribution is 2.12. The molecule has 0 unspecified atom stereocenters. The molecular formula is C16H13N3O2. The van der Waals surface area contributed by atoms with Gasteiger partial charge in [-0.25, -0.2) is 0 Å². The lowest BCUT2D eigenvalue weighted by atomic mass is 10.1. The minimum absolute atomic E-state index is 0.170. The lowest BCUT2D eigenvalue weighted by Gasteiger charge is -2.06. The van der Waals surface area contributed by atoms with Crippen LogP contribution in [0.3, 0.4) is 0 Å². The molecule has 0 saturated heterocycles. The van der Waals surface area contributed by atoms with Crippen LogP contribution in [0.25, 0.3) is 0 Å². The average Bonchev–Trinajstić information content (AvgIpc) is 2.49. The van der Waals surface area contributed by atoms with E-state index in [1.165, 1.54) is 0 Å². The Kier molecular flexibility index (Phi) is 4.32. The largest absolute Gasteiger partial charge is 0.369 e. The van der Waals surface area contributed by atoms with E-state index in [0.29, 0.717) is 16.8 Å².